The number of aliphatic hydroxyl groups excluding tert-OH is 6. The summed E-state index contributed by atoms with van der Waals surface area (Å²) in [6, 6.07) is 7.52. The third-order valence-corrected chi connectivity index (χ3v) is 7.09. The van der Waals surface area contributed by atoms with Gasteiger partial charge in [0.2, 0.25) is 0 Å². The molecule has 2 aromatic carbocycles. The third-order valence-electron chi connectivity index (χ3n) is 7.09. The molecule has 9 N–H and O–H groups in total. The van der Waals surface area contributed by atoms with Gasteiger partial charge in [-0.15, -0.1) is 0 Å². The number of hydrogen-bond acceptors (Lipinski definition) is 14. The molecule has 1 aromatic heterocycles. The third kappa shape index (κ3) is 4.79. The lowest BCUT2D eigenvalue weighted by molar-refractivity contribution is -0.289. The Morgan fingerprint density at radius 2 is 1.40 bits per heavy atom. The van der Waals surface area contributed by atoms with Crippen LogP contribution < -0.4 is 5.43 Å². The van der Waals surface area contributed by atoms with Gasteiger partial charge in [0.15, 0.2) is 17.3 Å². The topological polar surface area (TPSA) is 240 Å². The van der Waals surface area contributed by atoms with Crippen molar-refractivity contribution in [1.82, 2.24) is 0 Å². The van der Waals surface area contributed by atoms with Gasteiger partial charge >= 0.3 is 0 Å². The largest absolute Gasteiger partial charge is 0.508 e. The smallest absolute Gasteiger partial charge is 0.197 e. The number of benzene rings is 2. The molecule has 9 atom stereocenters. The highest BCUT2D eigenvalue weighted by molar-refractivity contribution is 5.89. The summed E-state index contributed by atoms with van der Waals surface area (Å²) >= 11 is 0. The SMILES string of the molecule is O=c1cc(-c2ccc(O)cc2)oc2c([C@@H]3O[C@H](CO)[C@@H](O)[C@H](O)[C@H]3O[C@@H]3O[C@H](CO)[C@@H](O)[C@@H]3O)c(O)cc(O)c12. The number of fused-ring (bicyclic) bond motifs is 1. The predicted octanol–water partition coefficient (Wildman–Crippen LogP) is -1.45. The van der Waals surface area contributed by atoms with E-state index in [1.54, 1.807) is 0 Å². The first-order valence-corrected chi connectivity index (χ1v) is 12.3. The molecule has 0 radical (unpaired) electrons. The second-order valence-electron chi connectivity index (χ2n) is 9.62. The molecule has 14 nitrogen and oxygen atoms in total. The molecule has 0 spiro atoms. The Morgan fingerprint density at radius 3 is 2.02 bits per heavy atom. The fourth-order valence-electron chi connectivity index (χ4n) is 4.97. The van der Waals surface area contributed by atoms with E-state index in [0.29, 0.717) is 5.56 Å². The van der Waals surface area contributed by atoms with E-state index < -0.39 is 85.3 Å². The van der Waals surface area contributed by atoms with Crippen LogP contribution in [0.25, 0.3) is 22.3 Å². The monoisotopic (exact) mass is 564 g/mol. The number of aliphatic hydroxyl groups is 6. The molecule has 2 aliphatic rings. The van der Waals surface area contributed by atoms with Crippen LogP contribution in [0.2, 0.25) is 0 Å². The summed E-state index contributed by atoms with van der Waals surface area (Å²) < 4.78 is 22.8. The molecule has 14 heteroatoms. The molecule has 2 aliphatic heterocycles. The zero-order chi connectivity index (χ0) is 28.9. The molecule has 0 bridgehead atoms. The summed E-state index contributed by atoms with van der Waals surface area (Å²) in [4.78, 5) is 13.1. The summed E-state index contributed by atoms with van der Waals surface area (Å²) in [7, 11) is 0. The minimum atomic E-state index is -1.84. The van der Waals surface area contributed by atoms with Gasteiger partial charge in [-0.1, -0.05) is 0 Å². The van der Waals surface area contributed by atoms with E-state index in [0.717, 1.165) is 12.1 Å². The molecule has 3 aromatic rings. The minimum absolute atomic E-state index is 0.0280. The van der Waals surface area contributed by atoms with E-state index in [2.05, 4.69) is 0 Å². The molecule has 3 heterocycles. The van der Waals surface area contributed by atoms with Crippen LogP contribution in [0.5, 0.6) is 17.2 Å². The van der Waals surface area contributed by atoms with E-state index >= 15 is 0 Å². The first kappa shape index (κ1) is 28.2. The summed E-state index contributed by atoms with van der Waals surface area (Å²) in [5, 5.41) is 91.9. The Morgan fingerprint density at radius 1 is 0.775 bits per heavy atom. The van der Waals surface area contributed by atoms with Gasteiger partial charge in [-0.3, -0.25) is 4.79 Å². The molecule has 0 unspecified atom stereocenters. The lowest BCUT2D eigenvalue weighted by Gasteiger charge is -2.43. The number of ether oxygens (including phenoxy) is 3. The Bertz CT molecular complexity index is 1420. The van der Waals surface area contributed by atoms with Gasteiger partial charge in [-0.2, -0.15) is 0 Å². The van der Waals surface area contributed by atoms with Crippen molar-refractivity contribution in [2.24, 2.45) is 0 Å². The average molecular weight is 564 g/mol. The van der Waals surface area contributed by atoms with Crippen LogP contribution >= 0.6 is 0 Å². The summed E-state index contributed by atoms with van der Waals surface area (Å²) in [5.74, 6) is -1.39. The van der Waals surface area contributed by atoms with Crippen molar-refractivity contribution < 1.29 is 64.6 Å². The molecule has 216 valence electrons. The molecule has 2 saturated heterocycles. The fourth-order valence-corrected chi connectivity index (χ4v) is 4.97. The highest BCUT2D eigenvalue weighted by Gasteiger charge is 2.52. The van der Waals surface area contributed by atoms with Crippen molar-refractivity contribution in [1.29, 1.82) is 0 Å². The van der Waals surface area contributed by atoms with Crippen molar-refractivity contribution in [2.75, 3.05) is 13.2 Å². The Labute approximate surface area is 225 Å². The van der Waals surface area contributed by atoms with Crippen molar-refractivity contribution >= 4 is 11.0 Å². The number of phenols is 3. The lowest BCUT2D eigenvalue weighted by atomic mass is 9.89. The van der Waals surface area contributed by atoms with Crippen LogP contribution in [0.4, 0.5) is 0 Å². The zero-order valence-electron chi connectivity index (χ0n) is 20.6. The Balaban J connectivity index is 1.67. The van der Waals surface area contributed by atoms with E-state index in [9.17, 15) is 50.8 Å². The van der Waals surface area contributed by atoms with E-state index in [4.69, 9.17) is 18.6 Å². The van der Waals surface area contributed by atoms with Crippen LogP contribution in [0.15, 0.2) is 45.6 Å². The maximum absolute atomic E-state index is 13.1. The molecule has 2 fully saturated rings. The minimum Gasteiger partial charge on any atom is -0.508 e. The van der Waals surface area contributed by atoms with E-state index in [1.807, 2.05) is 0 Å². The molecule has 0 aliphatic carbocycles. The predicted molar refractivity (Wildman–Crippen MR) is 132 cm³/mol. The molecule has 0 amide bonds. The van der Waals surface area contributed by atoms with Gasteiger partial charge in [-0.05, 0) is 24.3 Å². The second-order valence-corrected chi connectivity index (χ2v) is 9.62. The van der Waals surface area contributed by atoms with Crippen molar-refractivity contribution in [3.63, 3.8) is 0 Å². The van der Waals surface area contributed by atoms with Crippen LogP contribution in [-0.2, 0) is 14.2 Å². The molecule has 40 heavy (non-hydrogen) atoms. The van der Waals surface area contributed by atoms with Crippen molar-refractivity contribution in [2.45, 2.75) is 55.1 Å². The summed E-state index contributed by atoms with van der Waals surface area (Å²) in [5.41, 5.74) is -1.07. The quantitative estimate of drug-likeness (QED) is 0.167. The molecular weight excluding hydrogens is 536 g/mol. The normalized spacial score (nSPS) is 32.5. The molecule has 0 saturated carbocycles. The lowest BCUT2D eigenvalue weighted by Crippen LogP contribution is -2.57. The van der Waals surface area contributed by atoms with Gasteiger partial charge in [-0.25, -0.2) is 0 Å². The maximum atomic E-state index is 13.1. The zero-order valence-corrected chi connectivity index (χ0v) is 20.6. The van der Waals surface area contributed by atoms with E-state index in [1.165, 1.54) is 24.3 Å². The number of hydrogen-bond donors (Lipinski definition) is 9. The number of rotatable bonds is 6. The van der Waals surface area contributed by atoms with Crippen LogP contribution in [0.1, 0.15) is 11.7 Å². The maximum Gasteiger partial charge on any atom is 0.197 e. The van der Waals surface area contributed by atoms with Crippen LogP contribution in [-0.4, -0.2) is 108 Å². The van der Waals surface area contributed by atoms with Crippen molar-refractivity contribution in [3.8, 4) is 28.6 Å². The number of phenolic OH excluding ortho intramolecular Hbond substituents is 3. The average Bonchev–Trinajstić information content (AvgIpc) is 3.20. The standard InChI is InChI=1S/C26H28O14/c27-7-15-19(33)21(35)25(40-26-22(36)20(34)16(8-28)39-26)24(38-15)18-12(31)5-11(30)17-13(32)6-14(37-23(17)18)9-1-3-10(29)4-2-9/h1-6,15-16,19-22,24-31,33-36H,7-8H2/t15-,16-,19-,20-,21+,22+,24+,25-,26+/m1/s1. The second kappa shape index (κ2) is 10.9. The van der Waals surface area contributed by atoms with Gasteiger partial charge in [0.1, 0.15) is 77.2 Å². The highest BCUT2D eigenvalue weighted by atomic mass is 16.7. The first-order valence-electron chi connectivity index (χ1n) is 12.3. The van der Waals surface area contributed by atoms with Crippen molar-refractivity contribution in [3.05, 3.63) is 52.2 Å². The highest BCUT2D eigenvalue weighted by Crippen LogP contribution is 2.45. The molecular formula is C26H28O14. The molecule has 5 rings (SSSR count). The van der Waals surface area contributed by atoms with Gasteiger partial charge in [0.05, 0.1) is 18.8 Å². The van der Waals surface area contributed by atoms with Crippen LogP contribution in [0, 0.1) is 0 Å². The van der Waals surface area contributed by atoms with Gasteiger partial charge < -0.3 is 64.6 Å². The van der Waals surface area contributed by atoms with Gasteiger partial charge in [0.25, 0.3) is 0 Å². The van der Waals surface area contributed by atoms with E-state index in [-0.39, 0.29) is 28.0 Å². The Kier molecular flexibility index (Phi) is 7.71. The summed E-state index contributed by atoms with van der Waals surface area (Å²) in [6.45, 7) is -1.45. The van der Waals surface area contributed by atoms with Crippen LogP contribution in [0.3, 0.4) is 0 Å². The Hall–Kier alpha value is -3.31. The summed E-state index contributed by atoms with van der Waals surface area (Å²) in [6.07, 6.45) is -14.4. The number of aromatic hydroxyl groups is 3. The first-order chi connectivity index (χ1) is 19.0. The van der Waals surface area contributed by atoms with Gasteiger partial charge in [0, 0.05) is 17.7 Å². The fraction of sp³-hybridized carbons (Fsp3) is 0.423.